The minimum atomic E-state index is -2.79. The monoisotopic (exact) mass is 297 g/mol. The molecule has 0 unspecified atom stereocenters. The lowest BCUT2D eigenvalue weighted by molar-refractivity contribution is 0.286. The Kier molecular flexibility index (Phi) is 3.86. The van der Waals surface area contributed by atoms with E-state index in [1.54, 1.807) is 0 Å². The van der Waals surface area contributed by atoms with Crippen LogP contribution in [0.4, 0.5) is 0 Å². The molecule has 0 amide bonds. The van der Waals surface area contributed by atoms with Gasteiger partial charge in [0.05, 0.1) is 17.2 Å². The zero-order valence-corrected chi connectivity index (χ0v) is 12.9. The number of aromatic nitrogens is 2. The van der Waals surface area contributed by atoms with Crippen LogP contribution >= 0.6 is 0 Å². The van der Waals surface area contributed by atoms with Gasteiger partial charge >= 0.3 is 0 Å². The van der Waals surface area contributed by atoms with Gasteiger partial charge in [-0.1, -0.05) is 12.8 Å². The summed E-state index contributed by atoms with van der Waals surface area (Å²) in [5.41, 5.74) is 2.54. The van der Waals surface area contributed by atoms with Crippen molar-refractivity contribution in [1.82, 2.24) is 14.7 Å². The highest BCUT2D eigenvalue weighted by Crippen LogP contribution is 2.35. The van der Waals surface area contributed by atoms with Crippen LogP contribution in [0.25, 0.3) is 0 Å². The standard InChI is InChI=1S/C14H23N3O2S/c1-16-10-13(14(15-16)12-4-2-3-5-12)11-17-6-8-20(18,19)9-7-17/h10,12H,2-9,11H2,1H3. The third kappa shape index (κ3) is 3.06. The van der Waals surface area contributed by atoms with Gasteiger partial charge in [0.25, 0.3) is 0 Å². The number of hydrogen-bond acceptors (Lipinski definition) is 4. The molecule has 2 aliphatic rings. The molecule has 0 atom stereocenters. The Morgan fingerprint density at radius 3 is 2.55 bits per heavy atom. The fourth-order valence-electron chi connectivity index (χ4n) is 3.37. The molecule has 3 rings (SSSR count). The molecule has 2 heterocycles. The molecular weight excluding hydrogens is 274 g/mol. The second kappa shape index (κ2) is 5.48. The van der Waals surface area contributed by atoms with Crippen LogP contribution in [0.3, 0.4) is 0 Å². The number of hydrogen-bond donors (Lipinski definition) is 0. The van der Waals surface area contributed by atoms with Crippen LogP contribution in [0.15, 0.2) is 6.20 Å². The predicted molar refractivity (Wildman–Crippen MR) is 78.3 cm³/mol. The van der Waals surface area contributed by atoms with E-state index < -0.39 is 9.84 Å². The Morgan fingerprint density at radius 1 is 1.25 bits per heavy atom. The molecule has 2 fully saturated rings. The van der Waals surface area contributed by atoms with E-state index in [-0.39, 0.29) is 0 Å². The lowest BCUT2D eigenvalue weighted by Gasteiger charge is -2.26. The van der Waals surface area contributed by atoms with Crippen LogP contribution < -0.4 is 0 Å². The third-order valence-corrected chi connectivity index (χ3v) is 6.12. The minimum Gasteiger partial charge on any atom is -0.297 e. The highest BCUT2D eigenvalue weighted by Gasteiger charge is 2.26. The Hall–Kier alpha value is -0.880. The third-order valence-electron chi connectivity index (χ3n) is 4.51. The maximum Gasteiger partial charge on any atom is 0.152 e. The first-order chi connectivity index (χ1) is 9.53. The SMILES string of the molecule is Cn1cc(CN2CCS(=O)(=O)CC2)c(C2CCCC2)n1. The molecule has 0 aromatic carbocycles. The van der Waals surface area contributed by atoms with Crippen LogP contribution in [-0.4, -0.2) is 47.7 Å². The molecule has 1 aliphatic heterocycles. The van der Waals surface area contributed by atoms with Crippen LogP contribution in [0.1, 0.15) is 42.9 Å². The van der Waals surface area contributed by atoms with Gasteiger partial charge in [0, 0.05) is 44.4 Å². The summed E-state index contributed by atoms with van der Waals surface area (Å²) in [6.45, 7) is 2.15. The molecule has 0 spiro atoms. The van der Waals surface area contributed by atoms with Gasteiger partial charge in [-0.05, 0) is 12.8 Å². The minimum absolute atomic E-state index is 0.298. The van der Waals surface area contributed by atoms with E-state index in [4.69, 9.17) is 0 Å². The second-order valence-electron chi connectivity index (χ2n) is 6.12. The smallest absolute Gasteiger partial charge is 0.152 e. The largest absolute Gasteiger partial charge is 0.297 e. The first-order valence-electron chi connectivity index (χ1n) is 7.49. The number of nitrogens with zero attached hydrogens (tertiary/aromatic N) is 3. The van der Waals surface area contributed by atoms with E-state index in [0.29, 0.717) is 30.5 Å². The molecule has 112 valence electrons. The number of rotatable bonds is 3. The Morgan fingerprint density at radius 2 is 1.90 bits per heavy atom. The van der Waals surface area contributed by atoms with E-state index >= 15 is 0 Å². The summed E-state index contributed by atoms with van der Waals surface area (Å²) >= 11 is 0. The Balaban J connectivity index is 1.71. The van der Waals surface area contributed by atoms with Gasteiger partial charge in [0.1, 0.15) is 0 Å². The van der Waals surface area contributed by atoms with Crippen LogP contribution in [-0.2, 0) is 23.4 Å². The highest BCUT2D eigenvalue weighted by molar-refractivity contribution is 7.91. The molecule has 0 radical (unpaired) electrons. The summed E-state index contributed by atoms with van der Waals surface area (Å²) in [5.74, 6) is 1.21. The summed E-state index contributed by atoms with van der Waals surface area (Å²) < 4.78 is 24.9. The van der Waals surface area contributed by atoms with Gasteiger partial charge in [0.15, 0.2) is 9.84 Å². The first-order valence-corrected chi connectivity index (χ1v) is 9.31. The van der Waals surface area contributed by atoms with E-state index in [1.165, 1.54) is 36.9 Å². The summed E-state index contributed by atoms with van der Waals surface area (Å²) in [5, 5.41) is 4.66. The van der Waals surface area contributed by atoms with E-state index in [1.807, 2.05) is 11.7 Å². The van der Waals surface area contributed by atoms with E-state index in [2.05, 4.69) is 16.2 Å². The summed E-state index contributed by atoms with van der Waals surface area (Å²) in [6, 6.07) is 0. The maximum absolute atomic E-state index is 11.5. The summed E-state index contributed by atoms with van der Waals surface area (Å²) in [7, 11) is -0.816. The van der Waals surface area contributed by atoms with Gasteiger partial charge in [-0.15, -0.1) is 0 Å². The Bertz CT molecular complexity index is 559. The van der Waals surface area contributed by atoms with Crippen molar-refractivity contribution in [2.45, 2.75) is 38.1 Å². The van der Waals surface area contributed by atoms with Gasteiger partial charge in [-0.25, -0.2) is 8.42 Å². The fraction of sp³-hybridized carbons (Fsp3) is 0.786. The van der Waals surface area contributed by atoms with Crippen molar-refractivity contribution in [3.05, 3.63) is 17.5 Å². The number of aryl methyl sites for hydroxylation is 1. The quantitative estimate of drug-likeness (QED) is 0.844. The highest BCUT2D eigenvalue weighted by atomic mass is 32.2. The van der Waals surface area contributed by atoms with Gasteiger partial charge < -0.3 is 0 Å². The lowest BCUT2D eigenvalue weighted by atomic mass is 10.0. The average Bonchev–Trinajstić information content (AvgIpc) is 3.01. The van der Waals surface area contributed by atoms with Crippen molar-refractivity contribution in [3.63, 3.8) is 0 Å². The molecule has 1 saturated carbocycles. The van der Waals surface area contributed by atoms with Crippen molar-refractivity contribution >= 4 is 9.84 Å². The van der Waals surface area contributed by atoms with Crippen molar-refractivity contribution in [1.29, 1.82) is 0 Å². The molecule has 1 saturated heterocycles. The molecule has 0 N–H and O–H groups in total. The topological polar surface area (TPSA) is 55.2 Å². The average molecular weight is 297 g/mol. The summed E-state index contributed by atoms with van der Waals surface area (Å²) in [6.07, 6.45) is 7.22. The molecule has 0 bridgehead atoms. The molecule has 1 aromatic rings. The fourth-order valence-corrected chi connectivity index (χ4v) is 4.65. The van der Waals surface area contributed by atoms with E-state index in [0.717, 1.165) is 6.54 Å². The molecule has 20 heavy (non-hydrogen) atoms. The van der Waals surface area contributed by atoms with Gasteiger partial charge in [0.2, 0.25) is 0 Å². The normalized spacial score (nSPS) is 24.2. The predicted octanol–water partition coefficient (Wildman–Crippen LogP) is 1.31. The molecule has 6 heteroatoms. The summed E-state index contributed by atoms with van der Waals surface area (Å²) in [4.78, 5) is 2.25. The lowest BCUT2D eigenvalue weighted by Crippen LogP contribution is -2.39. The van der Waals surface area contributed by atoms with Crippen molar-refractivity contribution in [3.8, 4) is 0 Å². The van der Waals surface area contributed by atoms with Crippen LogP contribution in [0.5, 0.6) is 0 Å². The van der Waals surface area contributed by atoms with Crippen molar-refractivity contribution in [2.24, 2.45) is 7.05 Å². The molecule has 1 aliphatic carbocycles. The van der Waals surface area contributed by atoms with E-state index in [9.17, 15) is 8.42 Å². The molecule has 5 nitrogen and oxygen atoms in total. The number of sulfone groups is 1. The molecule has 1 aromatic heterocycles. The van der Waals surface area contributed by atoms with Gasteiger partial charge in [-0.2, -0.15) is 5.10 Å². The van der Waals surface area contributed by atoms with Crippen molar-refractivity contribution in [2.75, 3.05) is 24.6 Å². The second-order valence-corrected chi connectivity index (χ2v) is 8.43. The van der Waals surface area contributed by atoms with Crippen molar-refractivity contribution < 1.29 is 8.42 Å². The zero-order chi connectivity index (χ0) is 14.2. The first kappa shape index (κ1) is 14.1. The Labute approximate surface area is 120 Å². The zero-order valence-electron chi connectivity index (χ0n) is 12.1. The molecular formula is C14H23N3O2S. The van der Waals surface area contributed by atoms with Crippen LogP contribution in [0.2, 0.25) is 0 Å². The maximum atomic E-state index is 11.5. The van der Waals surface area contributed by atoms with Crippen LogP contribution in [0, 0.1) is 0 Å². The van der Waals surface area contributed by atoms with Gasteiger partial charge in [-0.3, -0.25) is 9.58 Å².